The zero-order chi connectivity index (χ0) is 12.1. The Bertz CT molecular complexity index is 353. The molecule has 0 aliphatic carbocycles. The minimum atomic E-state index is -0.295. The van der Waals surface area contributed by atoms with Crippen molar-refractivity contribution in [3.8, 4) is 5.75 Å². The smallest absolute Gasteiger partial charge is 0.150 e. The molecule has 0 amide bonds. The third-order valence-electron chi connectivity index (χ3n) is 2.41. The molecule has 1 aromatic carbocycles. The summed E-state index contributed by atoms with van der Waals surface area (Å²) in [6.07, 6.45) is 0. The van der Waals surface area contributed by atoms with Gasteiger partial charge in [0.1, 0.15) is 17.3 Å². The third kappa shape index (κ3) is 2.85. The zero-order valence-electron chi connectivity index (χ0n) is 10.0. The SMILES string of the molecule is COc1cc(C(C)C)cc(F)c1NCCN. The van der Waals surface area contributed by atoms with Gasteiger partial charge in [-0.3, -0.25) is 0 Å². The molecule has 0 spiro atoms. The van der Waals surface area contributed by atoms with E-state index in [2.05, 4.69) is 5.32 Å². The fourth-order valence-electron chi connectivity index (χ4n) is 1.46. The molecule has 1 aromatic rings. The molecule has 0 fully saturated rings. The summed E-state index contributed by atoms with van der Waals surface area (Å²) >= 11 is 0. The lowest BCUT2D eigenvalue weighted by Gasteiger charge is -2.15. The summed E-state index contributed by atoms with van der Waals surface area (Å²) in [7, 11) is 1.53. The minimum Gasteiger partial charge on any atom is -0.494 e. The van der Waals surface area contributed by atoms with E-state index in [9.17, 15) is 4.39 Å². The first kappa shape index (κ1) is 12.8. The van der Waals surface area contributed by atoms with Crippen LogP contribution >= 0.6 is 0 Å². The second-order valence-electron chi connectivity index (χ2n) is 3.95. The Hall–Kier alpha value is -1.29. The Kier molecular flexibility index (Phi) is 4.55. The van der Waals surface area contributed by atoms with E-state index in [1.807, 2.05) is 19.9 Å². The maximum Gasteiger partial charge on any atom is 0.150 e. The monoisotopic (exact) mass is 226 g/mol. The molecule has 3 N–H and O–H groups in total. The fraction of sp³-hybridized carbons (Fsp3) is 0.500. The third-order valence-corrected chi connectivity index (χ3v) is 2.41. The average Bonchev–Trinajstić information content (AvgIpc) is 2.26. The van der Waals surface area contributed by atoms with Crippen LogP contribution in [-0.2, 0) is 0 Å². The van der Waals surface area contributed by atoms with Crippen molar-refractivity contribution in [3.05, 3.63) is 23.5 Å². The second-order valence-corrected chi connectivity index (χ2v) is 3.95. The first-order chi connectivity index (χ1) is 7.60. The van der Waals surface area contributed by atoms with Crippen molar-refractivity contribution in [2.24, 2.45) is 5.73 Å². The number of hydrogen-bond donors (Lipinski definition) is 2. The molecule has 16 heavy (non-hydrogen) atoms. The molecule has 0 aromatic heterocycles. The maximum absolute atomic E-state index is 13.8. The summed E-state index contributed by atoms with van der Waals surface area (Å²) in [5.41, 5.74) is 6.68. The molecule has 0 saturated carbocycles. The number of benzene rings is 1. The number of ether oxygens (including phenoxy) is 1. The van der Waals surface area contributed by atoms with Crippen LogP contribution in [0.2, 0.25) is 0 Å². The summed E-state index contributed by atoms with van der Waals surface area (Å²) < 4.78 is 19.0. The standard InChI is InChI=1S/C12H19FN2O/c1-8(2)9-6-10(13)12(15-5-4-14)11(7-9)16-3/h6-8,15H,4-5,14H2,1-3H3. The molecule has 4 heteroatoms. The molecule has 0 heterocycles. The van der Waals surface area contributed by atoms with Crippen LogP contribution in [0.4, 0.5) is 10.1 Å². The van der Waals surface area contributed by atoms with Crippen LogP contribution < -0.4 is 15.8 Å². The van der Waals surface area contributed by atoms with Gasteiger partial charge in [0.15, 0.2) is 0 Å². The number of nitrogens with two attached hydrogens (primary N) is 1. The van der Waals surface area contributed by atoms with Crippen LogP contribution in [0.1, 0.15) is 25.3 Å². The van der Waals surface area contributed by atoms with Crippen molar-refractivity contribution in [2.75, 3.05) is 25.5 Å². The summed E-state index contributed by atoms with van der Waals surface area (Å²) in [4.78, 5) is 0. The number of rotatable bonds is 5. The summed E-state index contributed by atoms with van der Waals surface area (Å²) in [5.74, 6) is 0.501. The van der Waals surface area contributed by atoms with Crippen molar-refractivity contribution in [3.63, 3.8) is 0 Å². The summed E-state index contributed by atoms with van der Waals surface area (Å²) in [5, 5.41) is 2.92. The highest BCUT2D eigenvalue weighted by molar-refractivity contribution is 5.59. The van der Waals surface area contributed by atoms with E-state index in [4.69, 9.17) is 10.5 Å². The number of nitrogens with one attached hydrogen (secondary N) is 1. The van der Waals surface area contributed by atoms with Gasteiger partial charge in [-0.1, -0.05) is 13.8 Å². The van der Waals surface area contributed by atoms with Crippen molar-refractivity contribution >= 4 is 5.69 Å². The Labute approximate surface area is 95.8 Å². The van der Waals surface area contributed by atoms with Gasteiger partial charge in [-0.25, -0.2) is 4.39 Å². The fourth-order valence-corrected chi connectivity index (χ4v) is 1.46. The highest BCUT2D eigenvalue weighted by Gasteiger charge is 2.12. The van der Waals surface area contributed by atoms with Gasteiger partial charge < -0.3 is 15.8 Å². The lowest BCUT2D eigenvalue weighted by molar-refractivity contribution is 0.412. The zero-order valence-corrected chi connectivity index (χ0v) is 10.0. The summed E-state index contributed by atoms with van der Waals surface area (Å²) in [6.45, 7) is 5.01. The van der Waals surface area contributed by atoms with Crippen LogP contribution in [0.3, 0.4) is 0 Å². The first-order valence-electron chi connectivity index (χ1n) is 5.41. The predicted molar refractivity (Wildman–Crippen MR) is 64.6 cm³/mol. The van der Waals surface area contributed by atoms with Gasteiger partial charge in [-0.05, 0) is 23.6 Å². The Morgan fingerprint density at radius 3 is 2.62 bits per heavy atom. The number of halogens is 1. The largest absolute Gasteiger partial charge is 0.494 e. The van der Waals surface area contributed by atoms with E-state index in [0.717, 1.165) is 5.56 Å². The molecule has 3 nitrogen and oxygen atoms in total. The summed E-state index contributed by atoms with van der Waals surface area (Å²) in [6, 6.07) is 3.39. The van der Waals surface area contributed by atoms with Gasteiger partial charge in [-0.2, -0.15) is 0 Å². The molecule has 1 rings (SSSR count). The topological polar surface area (TPSA) is 47.3 Å². The maximum atomic E-state index is 13.8. The van der Waals surface area contributed by atoms with Crippen molar-refractivity contribution < 1.29 is 9.13 Å². The highest BCUT2D eigenvalue weighted by Crippen LogP contribution is 2.31. The van der Waals surface area contributed by atoms with E-state index < -0.39 is 0 Å². The van der Waals surface area contributed by atoms with Gasteiger partial charge in [-0.15, -0.1) is 0 Å². The van der Waals surface area contributed by atoms with Crippen molar-refractivity contribution in [1.82, 2.24) is 0 Å². The van der Waals surface area contributed by atoms with Crippen LogP contribution in [-0.4, -0.2) is 20.2 Å². The predicted octanol–water partition coefficient (Wildman–Crippen LogP) is 2.33. The normalized spacial score (nSPS) is 10.6. The van der Waals surface area contributed by atoms with E-state index >= 15 is 0 Å². The lowest BCUT2D eigenvalue weighted by Crippen LogP contribution is -2.14. The van der Waals surface area contributed by atoms with Gasteiger partial charge in [0.25, 0.3) is 0 Å². The molecule has 0 atom stereocenters. The average molecular weight is 226 g/mol. The minimum absolute atomic E-state index is 0.270. The van der Waals surface area contributed by atoms with E-state index in [-0.39, 0.29) is 11.7 Å². The van der Waals surface area contributed by atoms with E-state index in [0.29, 0.717) is 24.5 Å². The number of anilines is 1. The van der Waals surface area contributed by atoms with Gasteiger partial charge in [0.05, 0.1) is 7.11 Å². The number of methoxy groups -OCH3 is 1. The molecule has 0 saturated heterocycles. The van der Waals surface area contributed by atoms with Crippen LogP contribution in [0.25, 0.3) is 0 Å². The molecule has 0 aliphatic rings. The highest BCUT2D eigenvalue weighted by atomic mass is 19.1. The molecule has 90 valence electrons. The number of hydrogen-bond acceptors (Lipinski definition) is 3. The quantitative estimate of drug-likeness (QED) is 0.810. The lowest BCUT2D eigenvalue weighted by atomic mass is 10.0. The van der Waals surface area contributed by atoms with E-state index in [1.54, 1.807) is 0 Å². The molecular formula is C12H19FN2O. The van der Waals surface area contributed by atoms with Gasteiger partial charge in [0.2, 0.25) is 0 Å². The second kappa shape index (κ2) is 5.70. The van der Waals surface area contributed by atoms with Gasteiger partial charge in [0, 0.05) is 13.1 Å². The van der Waals surface area contributed by atoms with Gasteiger partial charge >= 0.3 is 0 Å². The molecule has 0 radical (unpaired) electrons. The molecule has 0 unspecified atom stereocenters. The molecular weight excluding hydrogens is 207 g/mol. The Morgan fingerprint density at radius 1 is 1.44 bits per heavy atom. The first-order valence-corrected chi connectivity index (χ1v) is 5.41. The Balaban J connectivity index is 3.07. The van der Waals surface area contributed by atoms with Crippen molar-refractivity contribution in [1.29, 1.82) is 0 Å². The van der Waals surface area contributed by atoms with Crippen molar-refractivity contribution in [2.45, 2.75) is 19.8 Å². The van der Waals surface area contributed by atoms with Crippen LogP contribution in [0.5, 0.6) is 5.75 Å². The molecule has 0 aliphatic heterocycles. The molecule has 0 bridgehead atoms. The Morgan fingerprint density at radius 2 is 2.12 bits per heavy atom. The van der Waals surface area contributed by atoms with E-state index in [1.165, 1.54) is 13.2 Å². The van der Waals surface area contributed by atoms with Crippen LogP contribution in [0, 0.1) is 5.82 Å². The van der Waals surface area contributed by atoms with Crippen LogP contribution in [0.15, 0.2) is 12.1 Å².